The molecular weight excluding hydrogens is 360 g/mol. The zero-order chi connectivity index (χ0) is 19.1. The maximum absolute atomic E-state index is 12.2. The average molecular weight is 379 g/mol. The van der Waals surface area contributed by atoms with Crippen molar-refractivity contribution < 1.29 is 14.3 Å². The van der Waals surface area contributed by atoms with Gasteiger partial charge in [0.15, 0.2) is 5.78 Å². The molecule has 0 N–H and O–H groups in total. The number of halogens is 1. The first-order chi connectivity index (χ1) is 13.2. The molecule has 3 aromatic rings. The van der Waals surface area contributed by atoms with Crippen LogP contribution in [0.5, 0.6) is 11.5 Å². The lowest BCUT2D eigenvalue weighted by molar-refractivity contribution is 0.104. The molecule has 136 valence electrons. The van der Waals surface area contributed by atoms with Crippen molar-refractivity contribution in [2.24, 2.45) is 0 Å². The predicted molar refractivity (Wildman–Crippen MR) is 109 cm³/mol. The van der Waals surface area contributed by atoms with Crippen molar-refractivity contribution in [3.8, 4) is 11.5 Å². The molecule has 0 saturated heterocycles. The summed E-state index contributed by atoms with van der Waals surface area (Å²) in [6.45, 7) is 0.408. The van der Waals surface area contributed by atoms with E-state index in [-0.39, 0.29) is 5.78 Å². The minimum atomic E-state index is -0.0586. The Kier molecular flexibility index (Phi) is 6.29. The topological polar surface area (TPSA) is 35.5 Å². The maximum Gasteiger partial charge on any atom is 0.185 e. The van der Waals surface area contributed by atoms with Gasteiger partial charge >= 0.3 is 0 Å². The number of carbonyl (C=O) groups is 1. The highest BCUT2D eigenvalue weighted by atomic mass is 35.5. The Morgan fingerprint density at radius 2 is 1.59 bits per heavy atom. The molecule has 0 aliphatic carbocycles. The Morgan fingerprint density at radius 3 is 2.26 bits per heavy atom. The van der Waals surface area contributed by atoms with Gasteiger partial charge in [-0.15, -0.1) is 0 Å². The third-order valence-corrected chi connectivity index (χ3v) is 4.40. The fourth-order valence-electron chi connectivity index (χ4n) is 2.48. The summed E-state index contributed by atoms with van der Waals surface area (Å²) in [5.41, 5.74) is 2.47. The second kappa shape index (κ2) is 9.06. The summed E-state index contributed by atoms with van der Waals surface area (Å²) in [4.78, 5) is 12.2. The molecule has 3 nitrogen and oxygen atoms in total. The van der Waals surface area contributed by atoms with Crippen LogP contribution in [0, 0.1) is 0 Å². The minimum Gasteiger partial charge on any atom is -0.497 e. The predicted octanol–water partition coefficient (Wildman–Crippen LogP) is 5.82. The van der Waals surface area contributed by atoms with Crippen molar-refractivity contribution >= 4 is 23.5 Å². The van der Waals surface area contributed by atoms with Gasteiger partial charge in [0.2, 0.25) is 0 Å². The van der Waals surface area contributed by atoms with Crippen LogP contribution in [0.15, 0.2) is 78.9 Å². The number of rotatable bonds is 7. The van der Waals surface area contributed by atoms with Crippen molar-refractivity contribution in [2.75, 3.05) is 7.11 Å². The quantitative estimate of drug-likeness (QED) is 0.383. The van der Waals surface area contributed by atoms with Crippen LogP contribution in [0.2, 0.25) is 5.02 Å². The van der Waals surface area contributed by atoms with Crippen LogP contribution in [-0.2, 0) is 6.61 Å². The Balaban J connectivity index is 1.58. The molecule has 3 rings (SSSR count). The number of hydrogen-bond donors (Lipinski definition) is 0. The summed E-state index contributed by atoms with van der Waals surface area (Å²) in [5.74, 6) is 1.41. The van der Waals surface area contributed by atoms with Gasteiger partial charge in [0.25, 0.3) is 0 Å². The van der Waals surface area contributed by atoms with Crippen LogP contribution < -0.4 is 9.47 Å². The molecule has 0 amide bonds. The normalized spacial score (nSPS) is 10.7. The molecule has 0 radical (unpaired) electrons. The molecule has 0 unspecified atom stereocenters. The molecule has 0 aromatic heterocycles. The van der Waals surface area contributed by atoms with Crippen LogP contribution in [0.3, 0.4) is 0 Å². The van der Waals surface area contributed by atoms with Gasteiger partial charge in [-0.05, 0) is 54.1 Å². The molecule has 0 atom stereocenters. The van der Waals surface area contributed by atoms with E-state index >= 15 is 0 Å². The molecule has 0 spiro atoms. The Bertz CT molecular complexity index is 929. The number of ketones is 1. The van der Waals surface area contributed by atoms with Crippen LogP contribution in [0.4, 0.5) is 0 Å². The van der Waals surface area contributed by atoms with E-state index in [1.165, 1.54) is 0 Å². The van der Waals surface area contributed by atoms with E-state index < -0.39 is 0 Å². The second-order valence-corrected chi connectivity index (χ2v) is 6.28. The van der Waals surface area contributed by atoms with Crippen LogP contribution >= 0.6 is 11.6 Å². The highest BCUT2D eigenvalue weighted by Gasteiger charge is 2.03. The Morgan fingerprint density at radius 1 is 0.926 bits per heavy atom. The minimum absolute atomic E-state index is 0.0586. The van der Waals surface area contributed by atoms with Gasteiger partial charge in [-0.2, -0.15) is 0 Å². The molecule has 3 aromatic carbocycles. The number of ether oxygens (including phenoxy) is 2. The van der Waals surface area contributed by atoms with Gasteiger partial charge in [-0.3, -0.25) is 4.79 Å². The molecule has 4 heteroatoms. The molecular formula is C23H19ClO3. The maximum atomic E-state index is 12.2. The fourth-order valence-corrected chi connectivity index (χ4v) is 2.67. The molecule has 0 bridgehead atoms. The first-order valence-corrected chi connectivity index (χ1v) is 8.86. The number of allylic oxidation sites excluding steroid dienone is 1. The first-order valence-electron chi connectivity index (χ1n) is 8.48. The van der Waals surface area contributed by atoms with Crippen LogP contribution in [0.1, 0.15) is 21.5 Å². The molecule has 0 saturated carbocycles. The van der Waals surface area contributed by atoms with Gasteiger partial charge in [0.05, 0.1) is 7.11 Å². The fraction of sp³-hybridized carbons (Fsp3) is 0.0870. The van der Waals surface area contributed by atoms with Crippen LogP contribution in [0.25, 0.3) is 6.08 Å². The lowest BCUT2D eigenvalue weighted by Gasteiger charge is -2.07. The third-order valence-electron chi connectivity index (χ3n) is 4.03. The standard InChI is InChI=1S/C23H19ClO3/c1-26-20-13-9-18(10-14-20)23(25)15-8-17-6-11-21(12-7-17)27-16-19-4-2-3-5-22(19)24/h2-15H,16H2,1H3/b15-8+. The molecule has 0 heterocycles. The summed E-state index contributed by atoms with van der Waals surface area (Å²) in [6, 6.07) is 22.2. The molecule has 0 aliphatic heterocycles. The average Bonchev–Trinajstić information content (AvgIpc) is 2.72. The Hall–Kier alpha value is -3.04. The number of hydrogen-bond acceptors (Lipinski definition) is 3. The van der Waals surface area contributed by atoms with Crippen molar-refractivity contribution in [3.63, 3.8) is 0 Å². The monoisotopic (exact) mass is 378 g/mol. The van der Waals surface area contributed by atoms with E-state index in [1.54, 1.807) is 43.5 Å². The van der Waals surface area contributed by atoms with Crippen LogP contribution in [-0.4, -0.2) is 12.9 Å². The number of carbonyl (C=O) groups excluding carboxylic acids is 1. The van der Waals surface area contributed by atoms with E-state index in [2.05, 4.69) is 0 Å². The lowest BCUT2D eigenvalue weighted by Crippen LogP contribution is -1.96. The largest absolute Gasteiger partial charge is 0.497 e. The summed E-state index contributed by atoms with van der Waals surface area (Å²) < 4.78 is 10.9. The van der Waals surface area contributed by atoms with Crippen molar-refractivity contribution in [3.05, 3.63) is 101 Å². The number of benzene rings is 3. The van der Waals surface area contributed by atoms with E-state index in [1.807, 2.05) is 48.5 Å². The zero-order valence-corrected chi connectivity index (χ0v) is 15.6. The van der Waals surface area contributed by atoms with E-state index in [0.29, 0.717) is 17.2 Å². The summed E-state index contributed by atoms with van der Waals surface area (Å²) in [6.07, 6.45) is 3.34. The van der Waals surface area contributed by atoms with E-state index in [0.717, 1.165) is 22.6 Å². The molecule has 27 heavy (non-hydrogen) atoms. The first kappa shape index (κ1) is 18.7. The SMILES string of the molecule is COc1ccc(C(=O)/C=C/c2ccc(OCc3ccccc3Cl)cc2)cc1. The zero-order valence-electron chi connectivity index (χ0n) is 14.9. The molecule has 0 aliphatic rings. The third kappa shape index (κ3) is 5.22. The number of methoxy groups -OCH3 is 1. The summed E-state index contributed by atoms with van der Waals surface area (Å²) in [5, 5.41) is 0.689. The van der Waals surface area contributed by atoms with Crippen molar-refractivity contribution in [2.45, 2.75) is 6.61 Å². The van der Waals surface area contributed by atoms with Gasteiger partial charge in [-0.25, -0.2) is 0 Å². The highest BCUT2D eigenvalue weighted by Crippen LogP contribution is 2.19. The van der Waals surface area contributed by atoms with Gasteiger partial charge in [0, 0.05) is 16.1 Å². The van der Waals surface area contributed by atoms with Gasteiger partial charge in [0.1, 0.15) is 18.1 Å². The smallest absolute Gasteiger partial charge is 0.185 e. The second-order valence-electron chi connectivity index (χ2n) is 5.88. The van der Waals surface area contributed by atoms with Crippen molar-refractivity contribution in [1.29, 1.82) is 0 Å². The highest BCUT2D eigenvalue weighted by molar-refractivity contribution is 6.31. The van der Waals surface area contributed by atoms with E-state index in [9.17, 15) is 4.79 Å². The van der Waals surface area contributed by atoms with Gasteiger partial charge in [-0.1, -0.05) is 48.0 Å². The summed E-state index contributed by atoms with van der Waals surface area (Å²) in [7, 11) is 1.60. The van der Waals surface area contributed by atoms with Gasteiger partial charge < -0.3 is 9.47 Å². The lowest BCUT2D eigenvalue weighted by atomic mass is 10.1. The Labute approximate surface area is 163 Å². The van der Waals surface area contributed by atoms with E-state index in [4.69, 9.17) is 21.1 Å². The molecule has 0 fully saturated rings. The van der Waals surface area contributed by atoms with Crippen molar-refractivity contribution in [1.82, 2.24) is 0 Å². The summed E-state index contributed by atoms with van der Waals surface area (Å²) >= 11 is 6.13.